The number of amides is 1. The lowest BCUT2D eigenvalue weighted by molar-refractivity contribution is -0.121. The molecule has 0 aliphatic carbocycles. The van der Waals surface area contributed by atoms with E-state index in [4.69, 9.17) is 0 Å². The average Bonchev–Trinajstić information content (AvgIpc) is 2.62. The van der Waals surface area contributed by atoms with Gasteiger partial charge in [-0.2, -0.15) is 0 Å². The van der Waals surface area contributed by atoms with Crippen molar-refractivity contribution in [1.29, 1.82) is 0 Å². The fourth-order valence-electron chi connectivity index (χ4n) is 2.83. The van der Waals surface area contributed by atoms with Crippen LogP contribution in [0.4, 0.5) is 5.69 Å². The standard InChI is InChI=1S/C15H14INO/c1-15(9-16)13-11-6-4-3-5-10(11)7-8-12(13)17(2)14(15)18/h3-8H,9H2,1-2H3. The van der Waals surface area contributed by atoms with Crippen LogP contribution in [0.15, 0.2) is 36.4 Å². The van der Waals surface area contributed by atoms with Gasteiger partial charge >= 0.3 is 0 Å². The number of rotatable bonds is 1. The van der Waals surface area contributed by atoms with Crippen LogP contribution < -0.4 is 4.90 Å². The molecule has 0 saturated carbocycles. The van der Waals surface area contributed by atoms with Crippen LogP contribution in [0.2, 0.25) is 0 Å². The summed E-state index contributed by atoms with van der Waals surface area (Å²) in [6, 6.07) is 12.5. The van der Waals surface area contributed by atoms with Crippen LogP contribution in [0.1, 0.15) is 12.5 Å². The number of halogens is 1. The number of nitrogens with zero attached hydrogens (tertiary/aromatic N) is 1. The molecule has 3 rings (SSSR count). The van der Waals surface area contributed by atoms with Crippen LogP contribution >= 0.6 is 22.6 Å². The van der Waals surface area contributed by atoms with Crippen LogP contribution in [-0.4, -0.2) is 17.4 Å². The Bertz CT molecular complexity index is 652. The monoisotopic (exact) mass is 351 g/mol. The Morgan fingerprint density at radius 3 is 2.67 bits per heavy atom. The van der Waals surface area contributed by atoms with Gasteiger partial charge in [0.25, 0.3) is 0 Å². The van der Waals surface area contributed by atoms with Gasteiger partial charge in [-0.05, 0) is 29.3 Å². The molecule has 1 heterocycles. The molecule has 18 heavy (non-hydrogen) atoms. The number of likely N-dealkylation sites (N-methyl/N-ethyl adjacent to an activating group) is 1. The molecule has 0 fully saturated rings. The number of carbonyl (C=O) groups is 1. The Labute approximate surface area is 120 Å². The lowest BCUT2D eigenvalue weighted by Gasteiger charge is -2.21. The van der Waals surface area contributed by atoms with Gasteiger partial charge < -0.3 is 4.90 Å². The molecule has 2 aromatic carbocycles. The summed E-state index contributed by atoms with van der Waals surface area (Å²) in [6.07, 6.45) is 0. The van der Waals surface area contributed by atoms with Gasteiger partial charge in [0, 0.05) is 17.2 Å². The Balaban J connectivity index is 2.44. The quantitative estimate of drug-likeness (QED) is 0.569. The van der Waals surface area contributed by atoms with Crippen molar-refractivity contribution in [1.82, 2.24) is 0 Å². The zero-order valence-electron chi connectivity index (χ0n) is 10.4. The maximum Gasteiger partial charge on any atom is 0.237 e. The highest BCUT2D eigenvalue weighted by atomic mass is 127. The molecule has 1 amide bonds. The van der Waals surface area contributed by atoms with Crippen molar-refractivity contribution >= 4 is 45.0 Å². The van der Waals surface area contributed by atoms with E-state index in [-0.39, 0.29) is 5.91 Å². The number of anilines is 1. The zero-order chi connectivity index (χ0) is 12.9. The molecule has 1 aliphatic heterocycles. The fourth-order valence-corrected chi connectivity index (χ4v) is 3.54. The molecule has 2 nitrogen and oxygen atoms in total. The van der Waals surface area contributed by atoms with Gasteiger partial charge in [-0.25, -0.2) is 0 Å². The lowest BCUT2D eigenvalue weighted by atomic mass is 9.83. The molecule has 1 atom stereocenters. The SMILES string of the molecule is CN1C(=O)C(C)(CI)c2c1ccc1ccccc21. The molecular weight excluding hydrogens is 337 g/mol. The molecule has 0 aromatic heterocycles. The Hall–Kier alpha value is -1.10. The second-order valence-corrected chi connectivity index (χ2v) is 5.77. The molecule has 0 saturated heterocycles. The number of benzene rings is 2. The smallest absolute Gasteiger partial charge is 0.237 e. The first-order valence-electron chi connectivity index (χ1n) is 5.96. The van der Waals surface area contributed by atoms with E-state index in [1.54, 1.807) is 4.90 Å². The summed E-state index contributed by atoms with van der Waals surface area (Å²) in [5.74, 6) is 0.197. The van der Waals surface area contributed by atoms with Gasteiger partial charge in [0.15, 0.2) is 0 Å². The highest BCUT2D eigenvalue weighted by Crippen LogP contribution is 2.45. The molecule has 1 unspecified atom stereocenters. The first kappa shape index (κ1) is 12.0. The van der Waals surface area contributed by atoms with Crippen molar-refractivity contribution in [3.63, 3.8) is 0 Å². The Kier molecular flexibility index (Phi) is 2.62. The number of fused-ring (bicyclic) bond motifs is 3. The van der Waals surface area contributed by atoms with Gasteiger partial charge in [0.1, 0.15) is 0 Å². The summed E-state index contributed by atoms with van der Waals surface area (Å²) in [7, 11) is 1.87. The van der Waals surface area contributed by atoms with Crippen molar-refractivity contribution in [3.8, 4) is 0 Å². The maximum absolute atomic E-state index is 12.5. The summed E-state index contributed by atoms with van der Waals surface area (Å²) in [6.45, 7) is 2.05. The normalized spacial score (nSPS) is 22.6. The second-order valence-electron chi connectivity index (χ2n) is 5.01. The number of hydrogen-bond donors (Lipinski definition) is 0. The number of alkyl halides is 1. The van der Waals surface area contributed by atoms with Crippen LogP contribution in [0, 0.1) is 0 Å². The Morgan fingerprint density at radius 1 is 1.22 bits per heavy atom. The van der Waals surface area contributed by atoms with Crippen molar-refractivity contribution in [2.75, 3.05) is 16.4 Å². The summed E-state index contributed by atoms with van der Waals surface area (Å²) < 4.78 is 0.801. The van der Waals surface area contributed by atoms with Crippen LogP contribution in [-0.2, 0) is 10.2 Å². The molecule has 0 bridgehead atoms. The van der Waals surface area contributed by atoms with E-state index in [2.05, 4.69) is 53.8 Å². The molecule has 92 valence electrons. The van der Waals surface area contributed by atoms with Crippen molar-refractivity contribution in [3.05, 3.63) is 42.0 Å². The topological polar surface area (TPSA) is 20.3 Å². The van der Waals surface area contributed by atoms with Gasteiger partial charge in [-0.1, -0.05) is 52.9 Å². The molecule has 3 heteroatoms. The first-order valence-corrected chi connectivity index (χ1v) is 7.48. The molecule has 2 aromatic rings. The van der Waals surface area contributed by atoms with Gasteiger partial charge in [-0.15, -0.1) is 0 Å². The summed E-state index contributed by atoms with van der Waals surface area (Å²) >= 11 is 2.31. The predicted octanol–water partition coefficient (Wildman–Crippen LogP) is 3.51. The molecule has 1 aliphatic rings. The minimum atomic E-state index is -0.397. The number of carbonyl (C=O) groups excluding carboxylic acids is 1. The highest BCUT2D eigenvalue weighted by Gasteiger charge is 2.46. The number of hydrogen-bond acceptors (Lipinski definition) is 1. The van der Waals surface area contributed by atoms with Crippen molar-refractivity contribution in [2.24, 2.45) is 0 Å². The van der Waals surface area contributed by atoms with E-state index >= 15 is 0 Å². The van der Waals surface area contributed by atoms with E-state index in [1.165, 1.54) is 16.3 Å². The fraction of sp³-hybridized carbons (Fsp3) is 0.267. The van der Waals surface area contributed by atoms with E-state index in [9.17, 15) is 4.79 Å². The molecule has 0 radical (unpaired) electrons. The van der Waals surface area contributed by atoms with Gasteiger partial charge in [-0.3, -0.25) is 4.79 Å². The van der Waals surface area contributed by atoms with Crippen molar-refractivity contribution in [2.45, 2.75) is 12.3 Å². The second kappa shape index (κ2) is 3.95. The first-order chi connectivity index (χ1) is 8.59. The van der Waals surface area contributed by atoms with Crippen LogP contribution in [0.25, 0.3) is 10.8 Å². The molecule has 0 spiro atoms. The van der Waals surface area contributed by atoms with E-state index < -0.39 is 5.41 Å². The van der Waals surface area contributed by atoms with Crippen LogP contribution in [0.3, 0.4) is 0 Å². The summed E-state index contributed by atoms with van der Waals surface area (Å²) in [5.41, 5.74) is 1.84. The average molecular weight is 351 g/mol. The predicted molar refractivity (Wildman–Crippen MR) is 83.6 cm³/mol. The Morgan fingerprint density at radius 2 is 1.94 bits per heavy atom. The van der Waals surface area contributed by atoms with Gasteiger partial charge in [0.05, 0.1) is 5.41 Å². The van der Waals surface area contributed by atoms with E-state index in [0.29, 0.717) is 0 Å². The zero-order valence-corrected chi connectivity index (χ0v) is 12.6. The minimum absolute atomic E-state index is 0.197. The third kappa shape index (κ3) is 1.37. The van der Waals surface area contributed by atoms with Crippen LogP contribution in [0.5, 0.6) is 0 Å². The van der Waals surface area contributed by atoms with E-state index in [1.807, 2.05) is 19.2 Å². The van der Waals surface area contributed by atoms with Gasteiger partial charge in [0.2, 0.25) is 5.91 Å². The highest BCUT2D eigenvalue weighted by molar-refractivity contribution is 14.1. The summed E-state index contributed by atoms with van der Waals surface area (Å²) in [5, 5.41) is 2.40. The molecule has 0 N–H and O–H groups in total. The van der Waals surface area contributed by atoms with Crippen molar-refractivity contribution < 1.29 is 4.79 Å². The minimum Gasteiger partial charge on any atom is -0.314 e. The maximum atomic E-state index is 12.5. The lowest BCUT2D eigenvalue weighted by Crippen LogP contribution is -2.37. The summed E-state index contributed by atoms with van der Waals surface area (Å²) in [4.78, 5) is 14.3. The largest absolute Gasteiger partial charge is 0.314 e. The molecular formula is C15H14INO. The third-order valence-electron chi connectivity index (χ3n) is 3.86. The third-order valence-corrected chi connectivity index (χ3v) is 5.39. The van der Waals surface area contributed by atoms with E-state index in [0.717, 1.165) is 10.1 Å².